The summed E-state index contributed by atoms with van der Waals surface area (Å²) in [7, 11) is -3.55. The third-order valence-corrected chi connectivity index (χ3v) is 4.51. The van der Waals surface area contributed by atoms with Crippen molar-refractivity contribution in [1.82, 2.24) is 0 Å². The van der Waals surface area contributed by atoms with E-state index in [0.717, 1.165) is 6.26 Å². The number of sulfonamides is 1. The monoisotopic (exact) mass is 394 g/mol. The van der Waals surface area contributed by atoms with E-state index in [4.69, 9.17) is 0 Å². The van der Waals surface area contributed by atoms with Gasteiger partial charge in [0, 0.05) is 11.1 Å². The van der Waals surface area contributed by atoms with E-state index < -0.39 is 15.9 Å². The highest BCUT2D eigenvalue weighted by molar-refractivity contribution is 7.92. The molecule has 3 aromatic rings. The molecular weight excluding hydrogens is 376 g/mol. The average molecular weight is 394 g/mol. The Labute approximate surface area is 163 Å². The van der Waals surface area contributed by atoms with Gasteiger partial charge in [-0.3, -0.25) is 14.3 Å². The average Bonchev–Trinajstić information content (AvgIpc) is 2.67. The Balaban J connectivity index is 1.92. The molecule has 0 aromatic heterocycles. The summed E-state index contributed by atoms with van der Waals surface area (Å²) in [5.74, 6) is -0.751. The Morgan fingerprint density at radius 1 is 0.714 bits per heavy atom. The Kier molecular flexibility index (Phi) is 5.56. The fourth-order valence-corrected chi connectivity index (χ4v) is 3.27. The number of anilines is 2. The first kappa shape index (κ1) is 19.3. The van der Waals surface area contributed by atoms with Crippen LogP contribution in [-0.2, 0) is 10.0 Å². The van der Waals surface area contributed by atoms with Gasteiger partial charge in [0.1, 0.15) is 0 Å². The molecule has 0 bridgehead atoms. The second-order valence-electron chi connectivity index (χ2n) is 6.11. The van der Waals surface area contributed by atoms with Crippen LogP contribution in [0.1, 0.15) is 26.3 Å². The van der Waals surface area contributed by atoms with E-state index in [1.54, 1.807) is 60.7 Å². The number of amides is 1. The van der Waals surface area contributed by atoms with Gasteiger partial charge in [-0.15, -0.1) is 0 Å². The Bertz CT molecular complexity index is 1130. The summed E-state index contributed by atoms with van der Waals surface area (Å²) in [6.07, 6.45) is 1.01. The van der Waals surface area contributed by atoms with Crippen LogP contribution in [0.15, 0.2) is 78.9 Å². The van der Waals surface area contributed by atoms with Gasteiger partial charge in [-0.25, -0.2) is 8.42 Å². The van der Waals surface area contributed by atoms with Crippen molar-refractivity contribution in [2.24, 2.45) is 0 Å². The van der Waals surface area contributed by atoms with Crippen LogP contribution < -0.4 is 10.0 Å². The minimum Gasteiger partial charge on any atom is -0.321 e. The van der Waals surface area contributed by atoms with Crippen LogP contribution in [0, 0.1) is 0 Å². The third-order valence-electron chi connectivity index (χ3n) is 3.92. The molecule has 3 rings (SSSR count). The summed E-state index contributed by atoms with van der Waals surface area (Å²) in [4.78, 5) is 25.6. The molecule has 0 heterocycles. The summed E-state index contributed by atoms with van der Waals surface area (Å²) >= 11 is 0. The maximum atomic E-state index is 12.8. The zero-order valence-electron chi connectivity index (χ0n) is 15.0. The molecule has 7 heteroatoms. The van der Waals surface area contributed by atoms with Gasteiger partial charge < -0.3 is 5.32 Å². The lowest BCUT2D eigenvalue weighted by atomic mass is 10.0. The van der Waals surface area contributed by atoms with Crippen molar-refractivity contribution in [2.75, 3.05) is 16.3 Å². The maximum Gasteiger partial charge on any atom is 0.257 e. The molecule has 0 aliphatic rings. The van der Waals surface area contributed by atoms with Crippen molar-refractivity contribution in [3.63, 3.8) is 0 Å². The molecule has 0 aliphatic heterocycles. The van der Waals surface area contributed by atoms with Crippen LogP contribution in [0.2, 0.25) is 0 Å². The highest BCUT2D eigenvalue weighted by atomic mass is 32.2. The van der Waals surface area contributed by atoms with Gasteiger partial charge in [0.05, 0.1) is 23.2 Å². The van der Waals surface area contributed by atoms with Crippen molar-refractivity contribution in [3.8, 4) is 0 Å². The molecule has 0 aliphatic carbocycles. The van der Waals surface area contributed by atoms with Crippen molar-refractivity contribution in [3.05, 3.63) is 95.6 Å². The number of hydrogen-bond acceptors (Lipinski definition) is 4. The molecule has 0 saturated carbocycles. The highest BCUT2D eigenvalue weighted by Crippen LogP contribution is 2.22. The summed E-state index contributed by atoms with van der Waals surface area (Å²) in [5.41, 5.74) is 1.50. The molecule has 6 nitrogen and oxygen atoms in total. The van der Waals surface area contributed by atoms with Crippen molar-refractivity contribution in [1.29, 1.82) is 0 Å². The Hall–Kier alpha value is -3.45. The fourth-order valence-electron chi connectivity index (χ4n) is 2.69. The van der Waals surface area contributed by atoms with Gasteiger partial charge in [-0.1, -0.05) is 54.6 Å². The summed E-state index contributed by atoms with van der Waals surface area (Å²) in [6, 6.07) is 21.7. The van der Waals surface area contributed by atoms with Crippen molar-refractivity contribution in [2.45, 2.75) is 0 Å². The van der Waals surface area contributed by atoms with Gasteiger partial charge in [0.25, 0.3) is 5.91 Å². The number of benzene rings is 3. The van der Waals surface area contributed by atoms with Gasteiger partial charge in [-0.05, 0) is 24.3 Å². The van der Waals surface area contributed by atoms with Gasteiger partial charge in [-0.2, -0.15) is 0 Å². The fraction of sp³-hybridized carbons (Fsp3) is 0.0476. The minimum atomic E-state index is -3.55. The molecule has 0 unspecified atom stereocenters. The second kappa shape index (κ2) is 8.06. The van der Waals surface area contributed by atoms with Crippen molar-refractivity contribution < 1.29 is 18.0 Å². The predicted molar refractivity (Wildman–Crippen MR) is 109 cm³/mol. The standard InChI is InChI=1S/C21H18N2O4S/c1-28(26,27)23-19-14-8-6-12-17(19)21(25)22-18-13-7-5-11-16(18)20(24)15-9-3-2-4-10-15/h2-14,23H,1H3,(H,22,25). The topological polar surface area (TPSA) is 92.3 Å². The smallest absolute Gasteiger partial charge is 0.257 e. The van der Waals surface area contributed by atoms with Crippen molar-refractivity contribution >= 4 is 33.1 Å². The third kappa shape index (κ3) is 4.63. The van der Waals surface area contributed by atoms with E-state index >= 15 is 0 Å². The normalized spacial score (nSPS) is 10.9. The number of hydrogen-bond donors (Lipinski definition) is 2. The Morgan fingerprint density at radius 2 is 1.25 bits per heavy atom. The molecule has 2 N–H and O–H groups in total. The van der Waals surface area contributed by atoms with E-state index in [2.05, 4.69) is 10.0 Å². The first-order valence-electron chi connectivity index (χ1n) is 8.42. The SMILES string of the molecule is CS(=O)(=O)Nc1ccccc1C(=O)Nc1ccccc1C(=O)c1ccccc1. The van der Waals surface area contributed by atoms with Gasteiger partial charge in [0.2, 0.25) is 10.0 Å². The van der Waals surface area contributed by atoms with Crippen LogP contribution in [-0.4, -0.2) is 26.4 Å². The maximum absolute atomic E-state index is 12.8. The second-order valence-corrected chi connectivity index (χ2v) is 7.86. The quantitative estimate of drug-likeness (QED) is 0.626. The van der Waals surface area contributed by atoms with E-state index in [-0.39, 0.29) is 17.0 Å². The number of carbonyl (C=O) groups excluding carboxylic acids is 2. The minimum absolute atomic E-state index is 0.148. The van der Waals surface area contributed by atoms with Crippen LogP contribution in [0.5, 0.6) is 0 Å². The molecule has 0 fully saturated rings. The number of carbonyl (C=O) groups is 2. The van der Waals surface area contributed by atoms with Crippen LogP contribution >= 0.6 is 0 Å². The number of nitrogens with one attached hydrogen (secondary N) is 2. The molecule has 0 saturated heterocycles. The summed E-state index contributed by atoms with van der Waals surface area (Å²) in [6.45, 7) is 0. The number of rotatable bonds is 6. The number of ketones is 1. The summed E-state index contributed by atoms with van der Waals surface area (Å²) in [5, 5.41) is 2.71. The largest absolute Gasteiger partial charge is 0.321 e. The molecule has 28 heavy (non-hydrogen) atoms. The zero-order valence-corrected chi connectivity index (χ0v) is 15.9. The van der Waals surface area contributed by atoms with E-state index in [9.17, 15) is 18.0 Å². The lowest BCUT2D eigenvalue weighted by molar-refractivity contribution is 0.102. The predicted octanol–water partition coefficient (Wildman–Crippen LogP) is 3.54. The first-order valence-corrected chi connectivity index (χ1v) is 10.3. The molecule has 0 spiro atoms. The van der Waals surface area contributed by atoms with Crippen LogP contribution in [0.3, 0.4) is 0 Å². The summed E-state index contributed by atoms with van der Waals surface area (Å²) < 4.78 is 25.4. The first-order chi connectivity index (χ1) is 13.3. The molecule has 3 aromatic carbocycles. The Morgan fingerprint density at radius 3 is 1.89 bits per heavy atom. The number of para-hydroxylation sites is 2. The van der Waals surface area contributed by atoms with Gasteiger partial charge >= 0.3 is 0 Å². The molecule has 142 valence electrons. The highest BCUT2D eigenvalue weighted by Gasteiger charge is 2.18. The van der Waals surface area contributed by atoms with E-state index in [1.165, 1.54) is 12.1 Å². The van der Waals surface area contributed by atoms with E-state index in [0.29, 0.717) is 16.8 Å². The molecule has 0 radical (unpaired) electrons. The zero-order chi connectivity index (χ0) is 20.1. The molecule has 1 amide bonds. The lowest BCUT2D eigenvalue weighted by Gasteiger charge is -2.13. The van der Waals surface area contributed by atoms with E-state index in [1.807, 2.05) is 6.07 Å². The molecule has 0 atom stereocenters. The van der Waals surface area contributed by atoms with Crippen LogP contribution in [0.25, 0.3) is 0 Å². The van der Waals surface area contributed by atoms with Crippen LogP contribution in [0.4, 0.5) is 11.4 Å². The molecular formula is C21H18N2O4S. The lowest BCUT2D eigenvalue weighted by Crippen LogP contribution is -2.18. The van der Waals surface area contributed by atoms with Gasteiger partial charge in [0.15, 0.2) is 5.78 Å².